The molecule has 2 aromatic heterocycles. The summed E-state index contributed by atoms with van der Waals surface area (Å²) >= 11 is 0. The zero-order valence-corrected chi connectivity index (χ0v) is 13.3. The average molecular weight is 324 g/mol. The maximum atomic E-state index is 13.8. The highest BCUT2D eigenvalue weighted by Crippen LogP contribution is 2.41. The zero-order valence-electron chi connectivity index (χ0n) is 13.3. The Morgan fingerprint density at radius 2 is 2.04 bits per heavy atom. The molecule has 24 heavy (non-hydrogen) atoms. The van der Waals surface area contributed by atoms with Crippen LogP contribution in [-0.2, 0) is 13.7 Å². The third-order valence-corrected chi connectivity index (χ3v) is 4.30. The average Bonchev–Trinajstić information content (AvgIpc) is 3.36. The number of benzene rings is 1. The summed E-state index contributed by atoms with van der Waals surface area (Å²) in [4.78, 5) is 4.51. The van der Waals surface area contributed by atoms with Gasteiger partial charge in [-0.05, 0) is 48.2 Å². The lowest BCUT2D eigenvalue weighted by Gasteiger charge is -2.12. The summed E-state index contributed by atoms with van der Waals surface area (Å²) in [5, 5.41) is 17.5. The number of pyridine rings is 1. The molecule has 0 bridgehead atoms. The molecule has 0 unspecified atom stereocenters. The smallest absolute Gasteiger partial charge is 0.164 e. The van der Waals surface area contributed by atoms with Crippen LogP contribution in [0.5, 0.6) is 0 Å². The normalized spacial score (nSPS) is 14.1. The summed E-state index contributed by atoms with van der Waals surface area (Å²) in [6.07, 6.45) is 3.84. The van der Waals surface area contributed by atoms with Crippen LogP contribution in [0.1, 0.15) is 30.1 Å². The van der Waals surface area contributed by atoms with E-state index in [9.17, 15) is 9.50 Å². The summed E-state index contributed by atoms with van der Waals surface area (Å²) in [7, 11) is 1.82. The molecule has 3 aromatic rings. The molecule has 0 atom stereocenters. The first-order chi connectivity index (χ1) is 11.7. The number of aliphatic hydroxyl groups is 1. The van der Waals surface area contributed by atoms with Crippen molar-refractivity contribution in [1.29, 1.82) is 0 Å². The fourth-order valence-electron chi connectivity index (χ4n) is 2.92. The third kappa shape index (κ3) is 2.69. The van der Waals surface area contributed by atoms with Gasteiger partial charge in [-0.1, -0.05) is 6.07 Å². The number of halogens is 1. The Kier molecular flexibility index (Phi) is 3.61. The maximum absolute atomic E-state index is 13.8. The fourth-order valence-corrected chi connectivity index (χ4v) is 2.92. The van der Waals surface area contributed by atoms with E-state index in [4.69, 9.17) is 0 Å². The lowest BCUT2D eigenvalue weighted by Crippen LogP contribution is -1.99. The zero-order chi connectivity index (χ0) is 16.7. The van der Waals surface area contributed by atoms with Crippen LogP contribution in [-0.4, -0.2) is 24.9 Å². The van der Waals surface area contributed by atoms with Gasteiger partial charge in [-0.2, -0.15) is 0 Å². The molecule has 1 aliphatic carbocycles. The number of aromatic nitrogens is 4. The Morgan fingerprint density at radius 3 is 2.71 bits per heavy atom. The molecule has 4 rings (SSSR count). The second-order valence-corrected chi connectivity index (χ2v) is 6.16. The van der Waals surface area contributed by atoms with Crippen molar-refractivity contribution in [1.82, 2.24) is 19.7 Å². The van der Waals surface area contributed by atoms with Crippen LogP contribution in [0.2, 0.25) is 0 Å². The van der Waals surface area contributed by atoms with E-state index >= 15 is 0 Å². The first-order valence-electron chi connectivity index (χ1n) is 7.91. The monoisotopic (exact) mass is 324 g/mol. The Morgan fingerprint density at radius 1 is 1.21 bits per heavy atom. The minimum Gasteiger partial charge on any atom is -0.390 e. The van der Waals surface area contributed by atoms with Crippen molar-refractivity contribution in [2.24, 2.45) is 7.05 Å². The second-order valence-electron chi connectivity index (χ2n) is 6.16. The van der Waals surface area contributed by atoms with Gasteiger partial charge in [0.1, 0.15) is 12.1 Å². The molecule has 0 radical (unpaired) electrons. The number of hydrogen-bond donors (Lipinski definition) is 1. The number of hydrogen-bond acceptors (Lipinski definition) is 4. The van der Waals surface area contributed by atoms with Gasteiger partial charge in [-0.15, -0.1) is 10.2 Å². The lowest BCUT2D eigenvalue weighted by molar-refractivity contribution is 0.276. The molecule has 6 heteroatoms. The van der Waals surface area contributed by atoms with Crippen LogP contribution in [0.15, 0.2) is 36.7 Å². The molecule has 0 spiro atoms. The molecule has 1 aliphatic rings. The molecule has 1 N–H and O–H groups in total. The molecule has 5 nitrogen and oxygen atoms in total. The van der Waals surface area contributed by atoms with Gasteiger partial charge in [-0.3, -0.25) is 4.98 Å². The highest BCUT2D eigenvalue weighted by Gasteiger charge is 2.26. The van der Waals surface area contributed by atoms with Gasteiger partial charge in [0.2, 0.25) is 0 Å². The molecular formula is C18H17FN4O. The number of aliphatic hydroxyl groups excluding tert-OH is 1. The van der Waals surface area contributed by atoms with Crippen molar-refractivity contribution >= 4 is 0 Å². The van der Waals surface area contributed by atoms with Gasteiger partial charge in [0.15, 0.2) is 5.82 Å². The Hall–Kier alpha value is -2.60. The highest BCUT2D eigenvalue weighted by atomic mass is 19.1. The van der Waals surface area contributed by atoms with E-state index in [1.54, 1.807) is 17.0 Å². The molecule has 1 aromatic carbocycles. The van der Waals surface area contributed by atoms with E-state index in [1.165, 1.54) is 12.1 Å². The summed E-state index contributed by atoms with van der Waals surface area (Å²) < 4.78 is 15.6. The number of rotatable bonds is 4. The molecule has 0 saturated heterocycles. The van der Waals surface area contributed by atoms with Crippen molar-refractivity contribution in [3.8, 4) is 22.5 Å². The molecular weight excluding hydrogens is 307 g/mol. The van der Waals surface area contributed by atoms with Crippen LogP contribution >= 0.6 is 0 Å². The van der Waals surface area contributed by atoms with Gasteiger partial charge < -0.3 is 9.67 Å². The van der Waals surface area contributed by atoms with E-state index in [2.05, 4.69) is 15.2 Å². The summed E-state index contributed by atoms with van der Waals surface area (Å²) in [5.74, 6) is 0.740. The van der Waals surface area contributed by atoms with Gasteiger partial charge in [0.05, 0.1) is 12.3 Å². The van der Waals surface area contributed by atoms with Gasteiger partial charge in [0.25, 0.3) is 0 Å². The predicted molar refractivity (Wildman–Crippen MR) is 87.5 cm³/mol. The minimum atomic E-state index is -0.324. The Bertz CT molecular complexity index is 902. The van der Waals surface area contributed by atoms with E-state index in [0.29, 0.717) is 23.0 Å². The molecule has 0 amide bonds. The van der Waals surface area contributed by atoms with Gasteiger partial charge in [0, 0.05) is 24.2 Å². The Labute approximate surface area is 138 Å². The lowest BCUT2D eigenvalue weighted by atomic mass is 9.97. The maximum Gasteiger partial charge on any atom is 0.164 e. The third-order valence-electron chi connectivity index (χ3n) is 4.30. The van der Waals surface area contributed by atoms with Crippen LogP contribution in [0.25, 0.3) is 22.5 Å². The quantitative estimate of drug-likeness (QED) is 0.801. The van der Waals surface area contributed by atoms with Crippen LogP contribution in [0.3, 0.4) is 0 Å². The molecule has 122 valence electrons. The van der Waals surface area contributed by atoms with Crippen molar-refractivity contribution in [2.75, 3.05) is 0 Å². The van der Waals surface area contributed by atoms with Crippen molar-refractivity contribution in [3.05, 3.63) is 53.9 Å². The summed E-state index contributed by atoms with van der Waals surface area (Å²) in [5.41, 5.74) is 4.06. The van der Waals surface area contributed by atoms with Crippen molar-refractivity contribution in [3.63, 3.8) is 0 Å². The molecule has 1 fully saturated rings. The molecule has 0 aliphatic heterocycles. The summed E-state index contributed by atoms with van der Waals surface area (Å²) in [6.45, 7) is -0.117. The van der Waals surface area contributed by atoms with Crippen LogP contribution in [0, 0.1) is 5.82 Å². The largest absolute Gasteiger partial charge is 0.390 e. The van der Waals surface area contributed by atoms with Gasteiger partial charge in [-0.25, -0.2) is 4.39 Å². The van der Waals surface area contributed by atoms with E-state index in [1.807, 2.05) is 19.2 Å². The number of aryl methyl sites for hydroxylation is 1. The molecule has 1 saturated carbocycles. The topological polar surface area (TPSA) is 63.8 Å². The highest BCUT2D eigenvalue weighted by molar-refractivity contribution is 5.81. The fraction of sp³-hybridized carbons (Fsp3) is 0.278. The van der Waals surface area contributed by atoms with Crippen molar-refractivity contribution in [2.45, 2.75) is 25.4 Å². The predicted octanol–water partition coefficient (Wildman–Crippen LogP) is 3.05. The first-order valence-corrected chi connectivity index (χ1v) is 7.91. The van der Waals surface area contributed by atoms with Crippen molar-refractivity contribution < 1.29 is 9.50 Å². The van der Waals surface area contributed by atoms with Crippen LogP contribution in [0.4, 0.5) is 4.39 Å². The first kappa shape index (κ1) is 15.0. The van der Waals surface area contributed by atoms with E-state index in [-0.39, 0.29) is 12.4 Å². The van der Waals surface area contributed by atoms with E-state index < -0.39 is 0 Å². The SMILES string of the molecule is Cn1cnnc1-c1cc(F)ccc1-c1cc(CO)nc(C2CC2)c1. The van der Waals surface area contributed by atoms with E-state index in [0.717, 1.165) is 29.7 Å². The summed E-state index contributed by atoms with van der Waals surface area (Å²) in [6, 6.07) is 8.52. The standard InChI is InChI=1S/C18H17FN4O/c1-23-10-20-22-18(23)16-8-13(19)4-5-15(16)12-6-14(9-24)21-17(7-12)11-2-3-11/h4-8,10-11,24H,2-3,9H2,1H3. The molecule has 2 heterocycles. The Balaban J connectivity index is 1.91. The van der Waals surface area contributed by atoms with Gasteiger partial charge >= 0.3 is 0 Å². The minimum absolute atomic E-state index is 0.117. The van der Waals surface area contributed by atoms with Crippen LogP contribution < -0.4 is 0 Å². The second kappa shape index (κ2) is 5.79. The number of nitrogens with zero attached hydrogens (tertiary/aromatic N) is 4.